The van der Waals surface area contributed by atoms with Gasteiger partial charge in [0.05, 0.1) is 7.11 Å². The molecular weight excluding hydrogens is 262 g/mol. The van der Waals surface area contributed by atoms with Gasteiger partial charge in [-0.25, -0.2) is 0 Å². The number of hydrogen-bond acceptors (Lipinski definition) is 2. The molecule has 0 atom stereocenters. The zero-order valence-corrected chi connectivity index (χ0v) is 13.4. The van der Waals surface area contributed by atoms with E-state index in [9.17, 15) is 4.79 Å². The molecule has 0 unspecified atom stereocenters. The van der Waals surface area contributed by atoms with Gasteiger partial charge in [0.1, 0.15) is 5.75 Å². The van der Waals surface area contributed by atoms with E-state index in [0.717, 1.165) is 38.0 Å². The van der Waals surface area contributed by atoms with Crippen LogP contribution < -0.4 is 10.1 Å². The Kier molecular flexibility index (Phi) is 5.27. The molecule has 1 aliphatic rings. The maximum atomic E-state index is 12.2. The van der Waals surface area contributed by atoms with Gasteiger partial charge in [0, 0.05) is 23.4 Å². The van der Waals surface area contributed by atoms with Crippen LogP contribution in [0.1, 0.15) is 51.5 Å². The maximum Gasteiger partial charge on any atom is 0.223 e. The quantitative estimate of drug-likeness (QED) is 0.831. The Balaban J connectivity index is 2.10. The summed E-state index contributed by atoms with van der Waals surface area (Å²) in [7, 11) is 1.72. The predicted molar refractivity (Wildman–Crippen MR) is 85.6 cm³/mol. The Labute approximate surface area is 128 Å². The van der Waals surface area contributed by atoms with Gasteiger partial charge < -0.3 is 10.1 Å². The van der Waals surface area contributed by atoms with Gasteiger partial charge in [-0.2, -0.15) is 0 Å². The third-order valence-corrected chi connectivity index (χ3v) is 4.95. The lowest BCUT2D eigenvalue weighted by atomic mass is 9.64. The minimum atomic E-state index is 0.0638. The van der Waals surface area contributed by atoms with Crippen LogP contribution in [0.25, 0.3) is 0 Å². The number of ether oxygens (including phenoxy) is 1. The SMILES string of the molecule is CCC(CC)C(=O)NCC1(c2ccccc2OC)CCC1. The Morgan fingerprint density at radius 3 is 2.48 bits per heavy atom. The van der Waals surface area contributed by atoms with Crippen molar-refractivity contribution in [2.75, 3.05) is 13.7 Å². The summed E-state index contributed by atoms with van der Waals surface area (Å²) in [4.78, 5) is 12.2. The second kappa shape index (κ2) is 6.97. The number of hydrogen-bond donors (Lipinski definition) is 1. The van der Waals surface area contributed by atoms with Crippen molar-refractivity contribution < 1.29 is 9.53 Å². The molecule has 0 aromatic heterocycles. The molecule has 0 radical (unpaired) electrons. The van der Waals surface area contributed by atoms with Crippen molar-refractivity contribution in [3.8, 4) is 5.75 Å². The molecule has 0 bridgehead atoms. The fourth-order valence-electron chi connectivity index (χ4n) is 3.29. The van der Waals surface area contributed by atoms with Crippen LogP contribution in [0.5, 0.6) is 5.75 Å². The zero-order valence-electron chi connectivity index (χ0n) is 13.4. The number of benzene rings is 1. The van der Waals surface area contributed by atoms with E-state index in [1.54, 1.807) is 7.11 Å². The molecule has 1 aromatic rings. The fourth-order valence-corrected chi connectivity index (χ4v) is 3.29. The van der Waals surface area contributed by atoms with E-state index in [1.807, 2.05) is 12.1 Å². The van der Waals surface area contributed by atoms with Crippen molar-refractivity contribution in [3.05, 3.63) is 29.8 Å². The lowest BCUT2D eigenvalue weighted by Gasteiger charge is -2.43. The number of carbonyl (C=O) groups is 1. The predicted octanol–water partition coefficient (Wildman–Crippen LogP) is 3.67. The number of amides is 1. The lowest BCUT2D eigenvalue weighted by molar-refractivity contribution is -0.125. The summed E-state index contributed by atoms with van der Waals surface area (Å²) in [5.41, 5.74) is 1.30. The van der Waals surface area contributed by atoms with E-state index in [4.69, 9.17) is 4.74 Å². The molecule has 0 aliphatic heterocycles. The van der Waals surface area contributed by atoms with Gasteiger partial charge in [-0.3, -0.25) is 4.79 Å². The van der Waals surface area contributed by atoms with Crippen molar-refractivity contribution in [1.82, 2.24) is 5.32 Å². The highest BCUT2D eigenvalue weighted by atomic mass is 16.5. The van der Waals surface area contributed by atoms with Gasteiger partial charge in [-0.05, 0) is 31.7 Å². The Morgan fingerprint density at radius 1 is 1.29 bits per heavy atom. The van der Waals surface area contributed by atoms with Crippen LogP contribution in [0.3, 0.4) is 0 Å². The van der Waals surface area contributed by atoms with E-state index >= 15 is 0 Å². The highest BCUT2D eigenvalue weighted by molar-refractivity contribution is 5.78. The van der Waals surface area contributed by atoms with Crippen molar-refractivity contribution >= 4 is 5.91 Å². The summed E-state index contributed by atoms with van der Waals surface area (Å²) in [5, 5.41) is 3.18. The van der Waals surface area contributed by atoms with Crippen LogP contribution in [0, 0.1) is 5.92 Å². The topological polar surface area (TPSA) is 38.3 Å². The van der Waals surface area contributed by atoms with E-state index in [2.05, 4.69) is 31.3 Å². The minimum Gasteiger partial charge on any atom is -0.496 e. The van der Waals surface area contributed by atoms with Gasteiger partial charge in [0.2, 0.25) is 5.91 Å². The van der Waals surface area contributed by atoms with E-state index < -0.39 is 0 Å². The number of rotatable bonds is 7. The van der Waals surface area contributed by atoms with Gasteiger partial charge in [0.15, 0.2) is 0 Å². The average molecular weight is 289 g/mol. The smallest absolute Gasteiger partial charge is 0.223 e. The maximum absolute atomic E-state index is 12.2. The summed E-state index contributed by atoms with van der Waals surface area (Å²) < 4.78 is 5.51. The van der Waals surface area contributed by atoms with Gasteiger partial charge in [-0.15, -0.1) is 0 Å². The molecule has 1 N–H and O–H groups in total. The van der Waals surface area contributed by atoms with Crippen LogP contribution >= 0.6 is 0 Å². The monoisotopic (exact) mass is 289 g/mol. The highest BCUT2D eigenvalue weighted by Crippen LogP contribution is 2.46. The lowest BCUT2D eigenvalue weighted by Crippen LogP contribution is -2.47. The molecule has 1 aliphatic carbocycles. The van der Waals surface area contributed by atoms with Crippen LogP contribution in [0.2, 0.25) is 0 Å². The third-order valence-electron chi connectivity index (χ3n) is 4.95. The molecule has 1 amide bonds. The van der Waals surface area contributed by atoms with E-state index in [-0.39, 0.29) is 17.2 Å². The van der Waals surface area contributed by atoms with Crippen molar-refractivity contribution in [2.45, 2.75) is 51.4 Å². The largest absolute Gasteiger partial charge is 0.496 e. The molecule has 1 saturated carbocycles. The first kappa shape index (κ1) is 15.9. The second-order valence-electron chi connectivity index (χ2n) is 6.07. The first-order valence-corrected chi connectivity index (χ1v) is 8.08. The number of carbonyl (C=O) groups excluding carboxylic acids is 1. The zero-order chi connectivity index (χ0) is 15.3. The van der Waals surface area contributed by atoms with E-state index in [1.165, 1.54) is 12.0 Å². The summed E-state index contributed by atoms with van der Waals surface area (Å²) in [6.45, 7) is 4.88. The molecule has 1 aromatic carbocycles. The normalized spacial score (nSPS) is 16.4. The van der Waals surface area contributed by atoms with Crippen LogP contribution in [-0.4, -0.2) is 19.6 Å². The molecule has 21 heavy (non-hydrogen) atoms. The van der Waals surface area contributed by atoms with Crippen LogP contribution in [0.15, 0.2) is 24.3 Å². The van der Waals surface area contributed by atoms with Crippen LogP contribution in [0.4, 0.5) is 0 Å². The molecular formula is C18H27NO2. The molecule has 0 heterocycles. The van der Waals surface area contributed by atoms with Crippen molar-refractivity contribution in [1.29, 1.82) is 0 Å². The Bertz CT molecular complexity index is 476. The first-order valence-electron chi connectivity index (χ1n) is 8.08. The molecule has 2 rings (SSSR count). The van der Waals surface area contributed by atoms with Crippen molar-refractivity contribution in [2.24, 2.45) is 5.92 Å². The molecule has 0 spiro atoms. The number of para-hydroxylation sites is 1. The summed E-state index contributed by atoms with van der Waals surface area (Å²) in [5.74, 6) is 1.27. The molecule has 1 fully saturated rings. The van der Waals surface area contributed by atoms with Gasteiger partial charge in [-0.1, -0.05) is 38.5 Å². The minimum absolute atomic E-state index is 0.0638. The molecule has 3 nitrogen and oxygen atoms in total. The molecule has 3 heteroatoms. The summed E-state index contributed by atoms with van der Waals surface area (Å²) >= 11 is 0. The first-order chi connectivity index (χ1) is 10.2. The Hall–Kier alpha value is -1.51. The standard InChI is InChI=1S/C18H27NO2/c1-4-14(5-2)17(20)19-13-18(11-8-12-18)15-9-6-7-10-16(15)21-3/h6-7,9-10,14H,4-5,8,11-13H2,1-3H3,(H,19,20). The molecule has 0 saturated heterocycles. The van der Waals surface area contributed by atoms with Gasteiger partial charge >= 0.3 is 0 Å². The fraction of sp³-hybridized carbons (Fsp3) is 0.611. The molecule has 116 valence electrons. The van der Waals surface area contributed by atoms with Crippen molar-refractivity contribution in [3.63, 3.8) is 0 Å². The van der Waals surface area contributed by atoms with Crippen LogP contribution in [-0.2, 0) is 10.2 Å². The number of methoxy groups -OCH3 is 1. The average Bonchev–Trinajstić information content (AvgIpc) is 2.48. The Morgan fingerprint density at radius 2 is 1.95 bits per heavy atom. The number of nitrogens with one attached hydrogen (secondary N) is 1. The van der Waals surface area contributed by atoms with E-state index in [0.29, 0.717) is 0 Å². The highest BCUT2D eigenvalue weighted by Gasteiger charge is 2.41. The van der Waals surface area contributed by atoms with Gasteiger partial charge in [0.25, 0.3) is 0 Å². The summed E-state index contributed by atoms with van der Waals surface area (Å²) in [6, 6.07) is 8.21. The third kappa shape index (κ3) is 3.22. The second-order valence-corrected chi connectivity index (χ2v) is 6.07. The summed E-state index contributed by atoms with van der Waals surface area (Å²) in [6.07, 6.45) is 5.28.